The molecular weight excluding hydrogens is 661 g/mol. The van der Waals surface area contributed by atoms with Gasteiger partial charge >= 0.3 is 0 Å². The topological polar surface area (TPSA) is 96.0 Å². The molecule has 4 rings (SSSR count). The third kappa shape index (κ3) is 8.92. The fourth-order valence-electron chi connectivity index (χ4n) is 4.77. The minimum atomic E-state index is -4.32. The van der Waals surface area contributed by atoms with Gasteiger partial charge in [-0.2, -0.15) is 0 Å². The van der Waals surface area contributed by atoms with Gasteiger partial charge in [0.05, 0.1) is 17.2 Å². The molecular formula is C34H35BrFN3O5S. The number of amides is 2. The number of carbonyl (C=O) groups is 2. The highest BCUT2D eigenvalue weighted by molar-refractivity contribution is 9.10. The molecule has 2 amide bonds. The van der Waals surface area contributed by atoms with Crippen molar-refractivity contribution in [2.24, 2.45) is 0 Å². The van der Waals surface area contributed by atoms with E-state index in [9.17, 15) is 22.4 Å². The lowest BCUT2D eigenvalue weighted by atomic mass is 10.0. The van der Waals surface area contributed by atoms with E-state index in [0.717, 1.165) is 32.0 Å². The lowest BCUT2D eigenvalue weighted by molar-refractivity contribution is -0.140. The van der Waals surface area contributed by atoms with Gasteiger partial charge < -0.3 is 15.0 Å². The van der Waals surface area contributed by atoms with Crippen LogP contribution in [-0.4, -0.2) is 50.9 Å². The molecule has 4 aromatic rings. The number of anilines is 1. The molecule has 0 aliphatic heterocycles. The zero-order chi connectivity index (χ0) is 32.4. The summed E-state index contributed by atoms with van der Waals surface area (Å²) in [6.07, 6.45) is 0.205. The summed E-state index contributed by atoms with van der Waals surface area (Å²) in [5, 5.41) is 2.83. The number of hydrogen-bond acceptors (Lipinski definition) is 5. The van der Waals surface area contributed by atoms with Gasteiger partial charge in [0, 0.05) is 24.0 Å². The molecule has 236 valence electrons. The third-order valence-electron chi connectivity index (χ3n) is 7.00. The summed E-state index contributed by atoms with van der Waals surface area (Å²) in [4.78, 5) is 29.2. The number of nitrogens with zero attached hydrogens (tertiary/aromatic N) is 2. The Kier molecular flexibility index (Phi) is 11.7. The normalized spacial score (nSPS) is 11.8. The molecule has 0 bridgehead atoms. The molecule has 0 radical (unpaired) electrons. The molecule has 0 spiro atoms. The predicted octanol–water partition coefficient (Wildman–Crippen LogP) is 5.96. The summed E-state index contributed by atoms with van der Waals surface area (Å²) >= 11 is 3.43. The second kappa shape index (κ2) is 15.7. The highest BCUT2D eigenvalue weighted by Crippen LogP contribution is 2.27. The molecule has 0 aliphatic rings. The van der Waals surface area contributed by atoms with Crippen LogP contribution in [0.3, 0.4) is 0 Å². The maximum absolute atomic E-state index is 14.4. The molecule has 0 fully saturated rings. The Balaban J connectivity index is 1.77. The quantitative estimate of drug-likeness (QED) is 0.176. The second-order valence-electron chi connectivity index (χ2n) is 10.1. The molecule has 45 heavy (non-hydrogen) atoms. The first-order valence-corrected chi connectivity index (χ1v) is 16.7. The van der Waals surface area contributed by atoms with Gasteiger partial charge in [0.25, 0.3) is 10.0 Å². The highest BCUT2D eigenvalue weighted by Gasteiger charge is 2.34. The molecule has 0 aliphatic carbocycles. The number of ether oxygens (including phenoxy) is 1. The van der Waals surface area contributed by atoms with Crippen LogP contribution in [0.1, 0.15) is 25.0 Å². The number of likely N-dealkylation sites (N-methyl/N-ethyl adjacent to an activating group) is 1. The molecule has 1 atom stereocenters. The smallest absolute Gasteiger partial charge is 0.264 e. The number of halogens is 2. The Morgan fingerprint density at radius 1 is 0.867 bits per heavy atom. The molecule has 0 saturated carbocycles. The van der Waals surface area contributed by atoms with Crippen LogP contribution in [0.25, 0.3) is 0 Å². The van der Waals surface area contributed by atoms with Crippen molar-refractivity contribution in [2.75, 3.05) is 24.0 Å². The van der Waals surface area contributed by atoms with Crippen LogP contribution in [0.2, 0.25) is 0 Å². The summed E-state index contributed by atoms with van der Waals surface area (Å²) in [5.41, 5.74) is 1.68. The van der Waals surface area contributed by atoms with E-state index in [1.54, 1.807) is 6.92 Å². The minimum Gasteiger partial charge on any atom is -0.494 e. The van der Waals surface area contributed by atoms with Crippen LogP contribution in [0.4, 0.5) is 10.1 Å². The maximum atomic E-state index is 14.4. The Morgan fingerprint density at radius 3 is 2.11 bits per heavy atom. The summed E-state index contributed by atoms with van der Waals surface area (Å²) in [7, 11) is -4.32. The molecule has 0 heterocycles. The van der Waals surface area contributed by atoms with Gasteiger partial charge in [-0.3, -0.25) is 13.9 Å². The Labute approximate surface area is 272 Å². The van der Waals surface area contributed by atoms with Crippen LogP contribution >= 0.6 is 15.9 Å². The molecule has 1 N–H and O–H groups in total. The van der Waals surface area contributed by atoms with Crippen molar-refractivity contribution >= 4 is 43.5 Å². The zero-order valence-corrected chi connectivity index (χ0v) is 27.4. The summed E-state index contributed by atoms with van der Waals surface area (Å²) in [6.45, 7) is 3.77. The number of benzene rings is 4. The van der Waals surface area contributed by atoms with Gasteiger partial charge in [-0.25, -0.2) is 12.8 Å². The summed E-state index contributed by atoms with van der Waals surface area (Å²) < 4.78 is 49.3. The van der Waals surface area contributed by atoms with Crippen molar-refractivity contribution in [3.8, 4) is 5.75 Å². The molecule has 0 unspecified atom stereocenters. The van der Waals surface area contributed by atoms with Crippen molar-refractivity contribution in [1.82, 2.24) is 10.2 Å². The Bertz CT molecular complexity index is 1670. The molecule has 4 aromatic carbocycles. The van der Waals surface area contributed by atoms with Crippen molar-refractivity contribution < 1.29 is 27.1 Å². The first-order valence-electron chi connectivity index (χ1n) is 14.5. The highest BCUT2D eigenvalue weighted by atomic mass is 79.9. The first kappa shape index (κ1) is 33.7. The minimum absolute atomic E-state index is 0.0428. The largest absolute Gasteiger partial charge is 0.494 e. The first-order chi connectivity index (χ1) is 21.6. The van der Waals surface area contributed by atoms with E-state index < -0.39 is 34.3 Å². The third-order valence-corrected chi connectivity index (χ3v) is 9.32. The molecule has 0 aromatic heterocycles. The van der Waals surface area contributed by atoms with Crippen LogP contribution in [0.15, 0.2) is 112 Å². The average molecular weight is 697 g/mol. The number of nitrogens with one attached hydrogen (secondary N) is 1. The van der Waals surface area contributed by atoms with E-state index in [2.05, 4.69) is 21.2 Å². The van der Waals surface area contributed by atoms with Crippen LogP contribution in [0.5, 0.6) is 5.75 Å². The van der Waals surface area contributed by atoms with Gasteiger partial charge in [0.1, 0.15) is 24.2 Å². The van der Waals surface area contributed by atoms with Gasteiger partial charge in [-0.1, -0.05) is 58.4 Å². The van der Waals surface area contributed by atoms with Gasteiger partial charge in [0.15, 0.2) is 0 Å². The summed E-state index contributed by atoms with van der Waals surface area (Å²) in [6, 6.07) is 26.4. The van der Waals surface area contributed by atoms with E-state index >= 15 is 0 Å². The lowest BCUT2D eigenvalue weighted by Crippen LogP contribution is -2.53. The van der Waals surface area contributed by atoms with Crippen LogP contribution in [-0.2, 0) is 32.6 Å². The molecule has 8 nitrogen and oxygen atoms in total. The van der Waals surface area contributed by atoms with Crippen LogP contribution < -0.4 is 14.4 Å². The van der Waals surface area contributed by atoms with E-state index in [4.69, 9.17) is 4.74 Å². The Hall–Kier alpha value is -4.22. The number of carbonyl (C=O) groups excluding carboxylic acids is 2. The summed E-state index contributed by atoms with van der Waals surface area (Å²) in [5.74, 6) is -1.04. The van der Waals surface area contributed by atoms with E-state index in [1.165, 1.54) is 41.3 Å². The van der Waals surface area contributed by atoms with E-state index in [0.29, 0.717) is 18.9 Å². The maximum Gasteiger partial charge on any atom is 0.264 e. The van der Waals surface area contributed by atoms with Gasteiger partial charge in [-0.15, -0.1) is 0 Å². The lowest BCUT2D eigenvalue weighted by Gasteiger charge is -2.33. The zero-order valence-electron chi connectivity index (χ0n) is 25.0. The Morgan fingerprint density at radius 2 is 1.51 bits per heavy atom. The average Bonchev–Trinajstić information content (AvgIpc) is 3.04. The fraction of sp³-hybridized carbons (Fsp3) is 0.235. The van der Waals surface area contributed by atoms with E-state index in [1.807, 2.05) is 61.5 Å². The van der Waals surface area contributed by atoms with Gasteiger partial charge in [-0.05, 0) is 85.6 Å². The molecule has 0 saturated heterocycles. The van der Waals surface area contributed by atoms with Crippen molar-refractivity contribution in [2.45, 2.75) is 37.8 Å². The number of rotatable bonds is 14. The second-order valence-corrected chi connectivity index (χ2v) is 12.9. The van der Waals surface area contributed by atoms with Gasteiger partial charge in [0.2, 0.25) is 11.8 Å². The van der Waals surface area contributed by atoms with Crippen molar-refractivity contribution in [3.05, 3.63) is 125 Å². The van der Waals surface area contributed by atoms with Crippen LogP contribution in [0, 0.1) is 5.82 Å². The molecule has 11 heteroatoms. The predicted molar refractivity (Wildman–Crippen MR) is 176 cm³/mol. The number of hydrogen-bond donors (Lipinski definition) is 1. The SMILES string of the molecule is CCNC(=O)[C@@H](Cc1ccccc1)N(Cc1ccc(Br)cc1)C(=O)CN(c1ccc(F)cc1)S(=O)(=O)c1ccc(OCC)cc1. The standard InChI is InChI=1S/C34H35BrFN3O5S/c1-3-37-34(41)32(22-25-8-6-5-7-9-25)38(23-26-10-12-27(35)13-11-26)33(40)24-39(29-16-14-28(36)15-17-29)45(42,43)31-20-18-30(19-21-31)44-4-2/h5-21,32H,3-4,22-24H2,1-2H3,(H,37,41)/t32-/m1/s1. The number of sulfonamides is 1. The fourth-order valence-corrected chi connectivity index (χ4v) is 6.45. The van der Waals surface area contributed by atoms with Crippen molar-refractivity contribution in [1.29, 1.82) is 0 Å². The van der Waals surface area contributed by atoms with E-state index in [-0.39, 0.29) is 29.5 Å². The van der Waals surface area contributed by atoms with Crippen molar-refractivity contribution in [3.63, 3.8) is 0 Å². The monoisotopic (exact) mass is 695 g/mol.